The van der Waals surface area contributed by atoms with E-state index in [1.54, 1.807) is 30.3 Å². The van der Waals surface area contributed by atoms with Gasteiger partial charge in [0.15, 0.2) is 6.10 Å². The number of nitrogens with zero attached hydrogens (tertiary/aromatic N) is 1. The molecule has 3 aromatic rings. The zero-order valence-electron chi connectivity index (χ0n) is 18.8. The van der Waals surface area contributed by atoms with E-state index in [1.807, 2.05) is 32.0 Å². The Bertz CT molecular complexity index is 1300. The fraction of sp³-hybridized carbons (Fsp3) is 0.240. The Balaban J connectivity index is 1.48. The van der Waals surface area contributed by atoms with Gasteiger partial charge in [-0.25, -0.2) is 8.42 Å². The van der Waals surface area contributed by atoms with Gasteiger partial charge in [-0.15, -0.1) is 0 Å². The van der Waals surface area contributed by atoms with Crippen molar-refractivity contribution < 1.29 is 22.7 Å². The molecule has 1 heterocycles. The van der Waals surface area contributed by atoms with Gasteiger partial charge in [-0.1, -0.05) is 41.9 Å². The van der Waals surface area contributed by atoms with Gasteiger partial charge in [0.1, 0.15) is 18.1 Å². The summed E-state index contributed by atoms with van der Waals surface area (Å²) < 4.78 is 39.6. The van der Waals surface area contributed by atoms with Crippen LogP contribution in [0.1, 0.15) is 11.1 Å². The largest absolute Gasteiger partial charge is 0.491 e. The van der Waals surface area contributed by atoms with Crippen molar-refractivity contribution in [3.8, 4) is 11.5 Å². The molecule has 3 aromatic carbocycles. The van der Waals surface area contributed by atoms with Crippen LogP contribution in [0.4, 0.5) is 5.69 Å². The third-order valence-electron chi connectivity index (χ3n) is 5.63. The summed E-state index contributed by atoms with van der Waals surface area (Å²) in [4.78, 5) is 13.0. The highest BCUT2D eigenvalue weighted by atomic mass is 35.5. The molecule has 1 atom stereocenters. The molecule has 34 heavy (non-hydrogen) atoms. The van der Waals surface area contributed by atoms with E-state index in [-0.39, 0.29) is 30.3 Å². The van der Waals surface area contributed by atoms with E-state index in [4.69, 9.17) is 21.1 Å². The lowest BCUT2D eigenvalue weighted by Gasteiger charge is -2.34. The molecule has 1 N–H and O–H groups in total. The smallest absolute Gasteiger partial charge is 0.264 e. The van der Waals surface area contributed by atoms with E-state index in [0.717, 1.165) is 16.9 Å². The van der Waals surface area contributed by atoms with Crippen LogP contribution in [0.2, 0.25) is 5.02 Å². The highest BCUT2D eigenvalue weighted by Crippen LogP contribution is 2.38. The molecule has 1 aliphatic rings. The Morgan fingerprint density at radius 3 is 2.65 bits per heavy atom. The number of rotatable bonds is 7. The Labute approximate surface area is 204 Å². The van der Waals surface area contributed by atoms with E-state index in [1.165, 1.54) is 22.5 Å². The molecule has 0 spiro atoms. The molecule has 0 unspecified atom stereocenters. The number of fused-ring (bicyclic) bond motifs is 1. The third-order valence-corrected chi connectivity index (χ3v) is 7.66. The van der Waals surface area contributed by atoms with E-state index >= 15 is 0 Å². The van der Waals surface area contributed by atoms with Gasteiger partial charge in [-0.2, -0.15) is 0 Å². The first-order valence-corrected chi connectivity index (χ1v) is 12.6. The molecular formula is C25H25ClN2O5S. The molecule has 0 fully saturated rings. The molecule has 7 nitrogen and oxygen atoms in total. The first-order chi connectivity index (χ1) is 16.3. The van der Waals surface area contributed by atoms with Crippen molar-refractivity contribution in [1.82, 2.24) is 5.32 Å². The van der Waals surface area contributed by atoms with Crippen molar-refractivity contribution in [2.45, 2.75) is 24.8 Å². The average molecular weight is 501 g/mol. The molecule has 1 aliphatic heterocycles. The van der Waals surface area contributed by atoms with Crippen LogP contribution in [0.15, 0.2) is 71.6 Å². The Hall–Kier alpha value is -3.23. The number of hydrogen-bond acceptors (Lipinski definition) is 5. The number of benzene rings is 3. The van der Waals surface area contributed by atoms with E-state index < -0.39 is 22.0 Å². The van der Waals surface area contributed by atoms with Crippen LogP contribution >= 0.6 is 11.6 Å². The molecular weight excluding hydrogens is 476 g/mol. The summed E-state index contributed by atoms with van der Waals surface area (Å²) in [6, 6.07) is 18.5. The second kappa shape index (κ2) is 9.95. The van der Waals surface area contributed by atoms with Crippen LogP contribution in [0.3, 0.4) is 0 Å². The predicted molar refractivity (Wildman–Crippen MR) is 131 cm³/mol. The lowest BCUT2D eigenvalue weighted by atomic mass is 10.1. The van der Waals surface area contributed by atoms with Gasteiger partial charge >= 0.3 is 0 Å². The number of carbonyl (C=O) groups excluding carboxylic acids is 1. The summed E-state index contributed by atoms with van der Waals surface area (Å²) in [7, 11) is -3.94. The highest BCUT2D eigenvalue weighted by molar-refractivity contribution is 7.92. The van der Waals surface area contributed by atoms with E-state index in [0.29, 0.717) is 10.7 Å². The lowest BCUT2D eigenvalue weighted by Crippen LogP contribution is -2.51. The Morgan fingerprint density at radius 1 is 1.12 bits per heavy atom. The van der Waals surface area contributed by atoms with Crippen LogP contribution in [0, 0.1) is 13.8 Å². The molecule has 1 amide bonds. The summed E-state index contributed by atoms with van der Waals surface area (Å²) in [6.45, 7) is 4.30. The van der Waals surface area contributed by atoms with Crippen molar-refractivity contribution in [3.05, 3.63) is 82.9 Å². The highest BCUT2D eigenvalue weighted by Gasteiger charge is 2.37. The monoisotopic (exact) mass is 500 g/mol. The van der Waals surface area contributed by atoms with Crippen molar-refractivity contribution in [2.75, 3.05) is 24.0 Å². The minimum atomic E-state index is -3.94. The standard InChI is InChI=1S/C25H25ClN2O5S/c1-17-7-6-10-22(18(17)2)32-14-13-27-25(29)24-16-28(21-15-19(26)11-12-23(21)33-24)34(30,31)20-8-4-3-5-9-20/h3-12,15,24H,13-14,16H2,1-2H3,(H,27,29)/t24-/m1/s1. The van der Waals surface area contributed by atoms with Gasteiger partial charge < -0.3 is 14.8 Å². The zero-order valence-corrected chi connectivity index (χ0v) is 20.4. The van der Waals surface area contributed by atoms with E-state index in [2.05, 4.69) is 5.32 Å². The van der Waals surface area contributed by atoms with Gasteiger partial charge in [0.25, 0.3) is 15.9 Å². The average Bonchev–Trinajstić information content (AvgIpc) is 2.84. The molecule has 0 saturated heterocycles. The number of carbonyl (C=O) groups is 1. The van der Waals surface area contributed by atoms with Crippen LogP contribution < -0.4 is 19.1 Å². The number of halogens is 1. The van der Waals surface area contributed by atoms with Crippen LogP contribution in [0.25, 0.3) is 0 Å². The van der Waals surface area contributed by atoms with Gasteiger partial charge in [0.2, 0.25) is 0 Å². The number of aryl methyl sites for hydroxylation is 1. The molecule has 0 aliphatic carbocycles. The minimum Gasteiger partial charge on any atom is -0.491 e. The number of anilines is 1. The molecule has 0 radical (unpaired) electrons. The topological polar surface area (TPSA) is 84.9 Å². The number of ether oxygens (including phenoxy) is 2. The second-order valence-electron chi connectivity index (χ2n) is 7.91. The summed E-state index contributed by atoms with van der Waals surface area (Å²) in [5.74, 6) is 0.592. The predicted octanol–water partition coefficient (Wildman–Crippen LogP) is 4.11. The van der Waals surface area contributed by atoms with Crippen molar-refractivity contribution in [3.63, 3.8) is 0 Å². The fourth-order valence-corrected chi connectivity index (χ4v) is 5.29. The number of sulfonamides is 1. The number of amides is 1. The first-order valence-electron chi connectivity index (χ1n) is 10.8. The number of nitrogens with one attached hydrogen (secondary N) is 1. The van der Waals surface area contributed by atoms with Crippen LogP contribution in [0.5, 0.6) is 11.5 Å². The molecule has 0 saturated carbocycles. The number of hydrogen-bond donors (Lipinski definition) is 1. The maximum atomic E-state index is 13.4. The maximum Gasteiger partial charge on any atom is 0.264 e. The molecule has 4 rings (SSSR count). The zero-order chi connectivity index (χ0) is 24.3. The Morgan fingerprint density at radius 2 is 1.88 bits per heavy atom. The molecule has 0 bridgehead atoms. The Kier molecular flexibility index (Phi) is 7.00. The van der Waals surface area contributed by atoms with Gasteiger partial charge in [0, 0.05) is 5.02 Å². The van der Waals surface area contributed by atoms with Crippen LogP contribution in [-0.4, -0.2) is 40.1 Å². The summed E-state index contributed by atoms with van der Waals surface area (Å²) >= 11 is 6.12. The van der Waals surface area contributed by atoms with Crippen molar-refractivity contribution in [2.24, 2.45) is 0 Å². The maximum absolute atomic E-state index is 13.4. The van der Waals surface area contributed by atoms with Gasteiger partial charge in [-0.05, 0) is 61.4 Å². The van der Waals surface area contributed by atoms with E-state index in [9.17, 15) is 13.2 Å². The first kappa shape index (κ1) is 23.9. The minimum absolute atomic E-state index is 0.115. The summed E-state index contributed by atoms with van der Waals surface area (Å²) in [5, 5.41) is 3.14. The quantitative estimate of drug-likeness (QED) is 0.493. The fourth-order valence-electron chi connectivity index (χ4n) is 3.64. The molecule has 178 valence electrons. The molecule has 0 aromatic heterocycles. The summed E-state index contributed by atoms with van der Waals surface area (Å²) in [6.07, 6.45) is -1.03. The lowest BCUT2D eigenvalue weighted by molar-refractivity contribution is -0.127. The van der Waals surface area contributed by atoms with Crippen molar-refractivity contribution >= 4 is 33.2 Å². The van der Waals surface area contributed by atoms with Crippen molar-refractivity contribution in [1.29, 1.82) is 0 Å². The summed E-state index contributed by atoms with van der Waals surface area (Å²) in [5.41, 5.74) is 2.45. The normalized spacial score (nSPS) is 15.3. The van der Waals surface area contributed by atoms with Crippen LogP contribution in [-0.2, 0) is 14.8 Å². The third kappa shape index (κ3) is 4.98. The van der Waals surface area contributed by atoms with Gasteiger partial charge in [-0.3, -0.25) is 9.10 Å². The SMILES string of the molecule is Cc1cccc(OCCNC(=O)[C@H]2CN(S(=O)(=O)c3ccccc3)c3cc(Cl)ccc3O2)c1C. The van der Waals surface area contributed by atoms with Gasteiger partial charge in [0.05, 0.1) is 23.7 Å². The molecule has 9 heteroatoms. The second-order valence-corrected chi connectivity index (χ2v) is 10.2.